The number of hydrogen-bond acceptors (Lipinski definition) is 7. The number of hydrogen-bond donors (Lipinski definition) is 1. The monoisotopic (exact) mass is 655 g/mol. The van der Waals surface area contributed by atoms with E-state index in [9.17, 15) is 19.5 Å². The highest BCUT2D eigenvalue weighted by Crippen LogP contribution is 2.56. The van der Waals surface area contributed by atoms with Crippen LogP contribution in [0.2, 0.25) is 0 Å². The minimum absolute atomic E-state index is 0.0437. The molecule has 0 aromatic heterocycles. The van der Waals surface area contributed by atoms with Crippen LogP contribution < -0.4 is 4.90 Å². The third-order valence-electron chi connectivity index (χ3n) is 10.5. The van der Waals surface area contributed by atoms with Crippen molar-refractivity contribution < 1.29 is 33.8 Å². The number of para-hydroxylation sites is 1. The maximum Gasteiger partial charge on any atom is 0.313 e. The van der Waals surface area contributed by atoms with Gasteiger partial charge in [0.1, 0.15) is 23.7 Å². The predicted octanol–water partition coefficient (Wildman–Crippen LogP) is 4.04. The molecule has 4 heterocycles. The number of rotatable bonds is 6. The number of esters is 1. The van der Waals surface area contributed by atoms with Crippen molar-refractivity contribution in [1.82, 2.24) is 9.80 Å². The maximum atomic E-state index is 15.0. The molecule has 2 aromatic rings. The first-order chi connectivity index (χ1) is 23.1. The van der Waals surface area contributed by atoms with E-state index < -0.39 is 47.7 Å². The number of amides is 3. The highest BCUT2D eigenvalue weighted by atomic mass is 16.6. The topological polar surface area (TPSA) is 117 Å². The molecule has 0 saturated carbocycles. The summed E-state index contributed by atoms with van der Waals surface area (Å²) in [5.74, 6) is -3.31. The largest absolute Gasteiger partial charge is 0.455 e. The van der Waals surface area contributed by atoms with Gasteiger partial charge in [-0.2, -0.15) is 0 Å². The third kappa shape index (κ3) is 5.75. The number of aliphatic hydroxyl groups is 1. The Hall–Kier alpha value is -4.28. The highest BCUT2D eigenvalue weighted by molar-refractivity contribution is 6.06. The van der Waals surface area contributed by atoms with E-state index in [-0.39, 0.29) is 43.8 Å². The average molecular weight is 656 g/mol. The molecule has 1 N–H and O–H groups in total. The lowest BCUT2D eigenvalue weighted by atomic mass is 9.74. The van der Waals surface area contributed by atoms with Crippen LogP contribution in [0.1, 0.15) is 55.4 Å². The Labute approximate surface area is 282 Å². The number of nitrogens with zero attached hydrogens (tertiary/aromatic N) is 3. The summed E-state index contributed by atoms with van der Waals surface area (Å²) in [6.45, 7) is 6.15. The number of unbranched alkanes of at least 4 members (excludes halogenated alkanes) is 1. The van der Waals surface area contributed by atoms with Crippen LogP contribution in [-0.2, 0) is 28.7 Å². The van der Waals surface area contributed by atoms with Crippen molar-refractivity contribution >= 4 is 29.4 Å². The molecule has 0 aliphatic carbocycles. The fourth-order valence-electron chi connectivity index (χ4n) is 7.92. The molecule has 254 valence electrons. The second kappa shape index (κ2) is 13.7. The number of benzene rings is 2. The Balaban J connectivity index is 1.47. The molecule has 6 rings (SSSR count). The van der Waals surface area contributed by atoms with Crippen molar-refractivity contribution in [2.75, 3.05) is 31.6 Å². The number of fused-ring (bicyclic) bond motifs is 2. The van der Waals surface area contributed by atoms with Crippen LogP contribution in [0.25, 0.3) is 0 Å². The number of likely N-dealkylation sites (tertiary alicyclic amines) is 1. The molecule has 2 saturated heterocycles. The summed E-state index contributed by atoms with van der Waals surface area (Å²) in [7, 11) is 1.71. The summed E-state index contributed by atoms with van der Waals surface area (Å²) in [6.07, 6.45) is 7.47. The van der Waals surface area contributed by atoms with E-state index in [1.165, 1.54) is 0 Å². The van der Waals surface area contributed by atoms with Crippen LogP contribution in [0, 0.1) is 25.7 Å². The van der Waals surface area contributed by atoms with E-state index in [1.807, 2.05) is 81.5 Å². The van der Waals surface area contributed by atoms with Crippen molar-refractivity contribution in [3.05, 3.63) is 89.5 Å². The lowest BCUT2D eigenvalue weighted by molar-refractivity contribution is -0.164. The van der Waals surface area contributed by atoms with Crippen LogP contribution in [0.5, 0.6) is 0 Å². The van der Waals surface area contributed by atoms with Gasteiger partial charge in [0, 0.05) is 38.9 Å². The van der Waals surface area contributed by atoms with Gasteiger partial charge in [0.2, 0.25) is 11.8 Å². The lowest BCUT2D eigenvalue weighted by Gasteiger charge is -2.36. The quantitative estimate of drug-likeness (QED) is 0.284. The number of cyclic esters (lactones) is 1. The number of anilines is 1. The molecule has 10 heteroatoms. The van der Waals surface area contributed by atoms with Crippen molar-refractivity contribution in [1.29, 1.82) is 0 Å². The first-order valence-corrected chi connectivity index (χ1v) is 16.9. The van der Waals surface area contributed by atoms with Crippen LogP contribution >= 0.6 is 0 Å². The molecule has 48 heavy (non-hydrogen) atoms. The second-order valence-electron chi connectivity index (χ2n) is 13.4. The summed E-state index contributed by atoms with van der Waals surface area (Å²) in [4.78, 5) is 62.1. The van der Waals surface area contributed by atoms with Gasteiger partial charge in [0.05, 0.1) is 18.1 Å². The zero-order valence-electron chi connectivity index (χ0n) is 28.1. The second-order valence-corrected chi connectivity index (χ2v) is 13.4. The smallest absolute Gasteiger partial charge is 0.313 e. The molecule has 4 aliphatic heterocycles. The average Bonchev–Trinajstić information content (AvgIpc) is 3.72. The van der Waals surface area contributed by atoms with E-state index in [4.69, 9.17) is 9.47 Å². The fraction of sp³-hybridized carbons (Fsp3) is 0.474. The van der Waals surface area contributed by atoms with Gasteiger partial charge in [-0.05, 0) is 56.7 Å². The van der Waals surface area contributed by atoms with Crippen LogP contribution in [-0.4, -0.2) is 89.1 Å². The Morgan fingerprint density at radius 3 is 2.38 bits per heavy atom. The Morgan fingerprint density at radius 2 is 1.67 bits per heavy atom. The molecule has 3 amide bonds. The highest BCUT2D eigenvalue weighted by Gasteiger charge is 2.73. The van der Waals surface area contributed by atoms with Gasteiger partial charge in [0.25, 0.3) is 5.91 Å². The van der Waals surface area contributed by atoms with Crippen molar-refractivity contribution in [3.8, 4) is 0 Å². The van der Waals surface area contributed by atoms with Crippen molar-refractivity contribution in [2.45, 2.75) is 76.3 Å². The van der Waals surface area contributed by atoms with Gasteiger partial charge in [-0.1, -0.05) is 72.8 Å². The number of aliphatic hydroxyl groups excluding tert-OH is 1. The summed E-state index contributed by atoms with van der Waals surface area (Å²) >= 11 is 0. The zero-order valence-corrected chi connectivity index (χ0v) is 28.1. The van der Waals surface area contributed by atoms with E-state index >= 15 is 4.79 Å². The minimum Gasteiger partial charge on any atom is -0.455 e. The number of carbonyl (C=O) groups is 4. The molecule has 10 nitrogen and oxygen atoms in total. The summed E-state index contributed by atoms with van der Waals surface area (Å²) < 4.78 is 12.9. The van der Waals surface area contributed by atoms with E-state index in [2.05, 4.69) is 0 Å². The lowest BCUT2D eigenvalue weighted by Crippen LogP contribution is -2.56. The number of ether oxygens (including phenoxy) is 2. The first kappa shape index (κ1) is 33.6. The van der Waals surface area contributed by atoms with Gasteiger partial charge < -0.3 is 29.3 Å². The normalized spacial score (nSPS) is 31.4. The Morgan fingerprint density at radius 1 is 0.938 bits per heavy atom. The Kier molecular flexibility index (Phi) is 9.58. The van der Waals surface area contributed by atoms with E-state index in [1.54, 1.807) is 33.9 Å². The Bertz CT molecular complexity index is 1600. The molecular formula is C38H45N3O7. The molecule has 2 fully saturated rings. The molecule has 4 aliphatic rings. The zero-order chi connectivity index (χ0) is 34.2. The van der Waals surface area contributed by atoms with Crippen LogP contribution in [0.15, 0.2) is 72.8 Å². The molecule has 7 atom stereocenters. The number of likely N-dealkylation sites (N-methyl/N-ethyl adjacent to an activating group) is 1. The molecule has 5 bridgehead atoms. The van der Waals surface area contributed by atoms with Gasteiger partial charge in [0.15, 0.2) is 0 Å². The molecule has 0 radical (unpaired) electrons. The van der Waals surface area contributed by atoms with Crippen LogP contribution in [0.3, 0.4) is 0 Å². The van der Waals surface area contributed by atoms with Gasteiger partial charge in [-0.3, -0.25) is 19.2 Å². The molecule has 2 aromatic carbocycles. The van der Waals surface area contributed by atoms with Crippen molar-refractivity contribution in [2.24, 2.45) is 11.8 Å². The first-order valence-electron chi connectivity index (χ1n) is 16.9. The van der Waals surface area contributed by atoms with E-state index in [0.717, 1.165) is 22.4 Å². The SMILES string of the molecule is Cc1cccc(C)c1N1C/C=C\CCC(=O)N(C)[C@H](C)[C@@H](c2ccccc2)OC(=O)[C@@H]2[C@@H]3C=C[C@]4(O3)[C@H](C1=O)N(CCCCO)C(=O)[C@@H]24. The van der Waals surface area contributed by atoms with Crippen molar-refractivity contribution in [3.63, 3.8) is 0 Å². The van der Waals surface area contributed by atoms with Crippen LogP contribution in [0.4, 0.5) is 5.69 Å². The fourth-order valence-corrected chi connectivity index (χ4v) is 7.92. The molecule has 1 spiro atoms. The minimum atomic E-state index is -1.37. The summed E-state index contributed by atoms with van der Waals surface area (Å²) in [6, 6.07) is 13.6. The van der Waals surface area contributed by atoms with Gasteiger partial charge >= 0.3 is 5.97 Å². The predicted molar refractivity (Wildman–Crippen MR) is 180 cm³/mol. The summed E-state index contributed by atoms with van der Waals surface area (Å²) in [5.41, 5.74) is 1.91. The van der Waals surface area contributed by atoms with Gasteiger partial charge in [-0.25, -0.2) is 0 Å². The maximum absolute atomic E-state index is 15.0. The number of aryl methyl sites for hydroxylation is 2. The van der Waals surface area contributed by atoms with Gasteiger partial charge in [-0.15, -0.1) is 0 Å². The van der Waals surface area contributed by atoms with E-state index in [0.29, 0.717) is 19.3 Å². The standard InChI is InChI=1S/C38H45N3O7/c1-24-14-13-15-25(2)32(24)40-21-10-6-9-18-29(43)39(4)26(3)33(27-16-7-5-8-17-27)47-37(46)30-28-19-20-38(48-28)31(30)35(44)41(22-11-12-23-42)34(38)36(40)45/h5-8,10,13-17,19-20,26,28,30-31,33-34,42H,9,11-12,18,21-23H2,1-4H3/b10-6-/t26-,28+,30-,31-,33+,34+,38-/m1/s1. The third-order valence-corrected chi connectivity index (χ3v) is 10.5. The summed E-state index contributed by atoms with van der Waals surface area (Å²) in [5, 5.41) is 9.55. The number of carbonyl (C=O) groups excluding carboxylic acids is 4. The molecular weight excluding hydrogens is 610 g/mol. The number of allylic oxidation sites excluding steroid dienone is 1. The molecule has 0 unspecified atom stereocenters.